The van der Waals surface area contributed by atoms with Gasteiger partial charge >= 0.3 is 0 Å². The lowest BCUT2D eigenvalue weighted by Crippen LogP contribution is -2.33. The minimum absolute atomic E-state index is 0.0528. The molecule has 0 aliphatic carbocycles. The monoisotopic (exact) mass is 290 g/mol. The molecule has 5 nitrogen and oxygen atoms in total. The number of carbonyl (C=O) groups excluding carboxylic acids is 1. The summed E-state index contributed by atoms with van der Waals surface area (Å²) in [6.45, 7) is 4.19. The second-order valence-electron chi connectivity index (χ2n) is 5.56. The van der Waals surface area contributed by atoms with Crippen molar-refractivity contribution in [2.75, 3.05) is 44.3 Å². The van der Waals surface area contributed by atoms with E-state index in [1.165, 1.54) is 32.4 Å². The number of nitrogens with one attached hydrogen (secondary N) is 2. The average molecular weight is 290 g/mol. The predicted molar refractivity (Wildman–Crippen MR) is 87.6 cm³/mol. The first-order valence-corrected chi connectivity index (χ1v) is 7.78. The molecule has 1 aliphatic rings. The number of hydrogen-bond acceptors (Lipinski definition) is 4. The van der Waals surface area contributed by atoms with E-state index >= 15 is 0 Å². The Kier molecular flexibility index (Phi) is 5.87. The summed E-state index contributed by atoms with van der Waals surface area (Å²) in [5, 5.41) is 5.95. The first kappa shape index (κ1) is 15.6. The summed E-state index contributed by atoms with van der Waals surface area (Å²) < 4.78 is 0. The molecule has 0 bridgehead atoms. The molecule has 1 aliphatic heterocycles. The van der Waals surface area contributed by atoms with Gasteiger partial charge in [0.05, 0.1) is 11.4 Å². The van der Waals surface area contributed by atoms with Gasteiger partial charge < -0.3 is 21.3 Å². The lowest BCUT2D eigenvalue weighted by molar-refractivity contribution is 0.0951. The maximum Gasteiger partial charge on any atom is 0.251 e. The smallest absolute Gasteiger partial charge is 0.251 e. The van der Waals surface area contributed by atoms with Crippen molar-refractivity contribution in [1.29, 1.82) is 0 Å². The molecule has 1 amide bonds. The number of rotatable bonds is 6. The van der Waals surface area contributed by atoms with Gasteiger partial charge in [0.1, 0.15) is 0 Å². The quantitative estimate of drug-likeness (QED) is 0.553. The standard InChI is InChI=1S/C16H26N4O/c1-18-15-7-6-13(12-14(15)17)16(21)19-8-5-11-20-9-3-2-4-10-20/h6-7,12,18H,2-5,8-11,17H2,1H3,(H,19,21). The van der Waals surface area contributed by atoms with Gasteiger partial charge in [0.25, 0.3) is 5.91 Å². The number of piperidine rings is 1. The minimum Gasteiger partial charge on any atom is -0.397 e. The second-order valence-corrected chi connectivity index (χ2v) is 5.56. The molecule has 4 N–H and O–H groups in total. The molecule has 1 fully saturated rings. The van der Waals surface area contributed by atoms with E-state index in [9.17, 15) is 4.79 Å². The van der Waals surface area contributed by atoms with Crippen LogP contribution in [0.15, 0.2) is 18.2 Å². The molecule has 1 heterocycles. The van der Waals surface area contributed by atoms with Crippen LogP contribution in [-0.4, -0.2) is 44.0 Å². The summed E-state index contributed by atoms with van der Waals surface area (Å²) in [7, 11) is 1.81. The molecule has 1 aromatic carbocycles. The molecule has 5 heteroatoms. The van der Waals surface area contributed by atoms with Gasteiger partial charge in [-0.2, -0.15) is 0 Å². The Hall–Kier alpha value is -1.75. The van der Waals surface area contributed by atoms with Crippen molar-refractivity contribution in [1.82, 2.24) is 10.2 Å². The highest BCUT2D eigenvalue weighted by molar-refractivity contribution is 5.96. The van der Waals surface area contributed by atoms with Gasteiger partial charge in [0, 0.05) is 19.2 Å². The Morgan fingerprint density at radius 2 is 2.05 bits per heavy atom. The molecule has 0 atom stereocenters. The maximum absolute atomic E-state index is 12.0. The molecule has 0 unspecified atom stereocenters. The van der Waals surface area contributed by atoms with Gasteiger partial charge in [-0.3, -0.25) is 4.79 Å². The Morgan fingerprint density at radius 3 is 2.71 bits per heavy atom. The summed E-state index contributed by atoms with van der Waals surface area (Å²) >= 11 is 0. The van der Waals surface area contributed by atoms with Crippen LogP contribution < -0.4 is 16.4 Å². The van der Waals surface area contributed by atoms with Gasteiger partial charge in [-0.05, 0) is 57.1 Å². The highest BCUT2D eigenvalue weighted by Crippen LogP contribution is 2.18. The largest absolute Gasteiger partial charge is 0.397 e. The number of hydrogen-bond donors (Lipinski definition) is 3. The zero-order valence-electron chi connectivity index (χ0n) is 12.8. The fraction of sp³-hybridized carbons (Fsp3) is 0.562. The SMILES string of the molecule is CNc1ccc(C(=O)NCCCN2CCCCC2)cc1N. The van der Waals surface area contributed by atoms with E-state index in [1.54, 1.807) is 12.1 Å². The Morgan fingerprint density at radius 1 is 1.29 bits per heavy atom. The normalized spacial score (nSPS) is 15.7. The second kappa shape index (κ2) is 7.88. The number of carbonyl (C=O) groups is 1. The van der Waals surface area contributed by atoms with E-state index in [1.807, 2.05) is 13.1 Å². The molecule has 0 spiro atoms. The van der Waals surface area contributed by atoms with Crippen LogP contribution in [-0.2, 0) is 0 Å². The first-order valence-electron chi connectivity index (χ1n) is 7.78. The van der Waals surface area contributed by atoms with Crippen LogP contribution in [0.25, 0.3) is 0 Å². The van der Waals surface area contributed by atoms with Crippen LogP contribution >= 0.6 is 0 Å². The van der Waals surface area contributed by atoms with Gasteiger partial charge in [-0.25, -0.2) is 0 Å². The number of amides is 1. The third-order valence-corrected chi connectivity index (χ3v) is 3.97. The topological polar surface area (TPSA) is 70.4 Å². The van der Waals surface area contributed by atoms with Gasteiger partial charge in [0.15, 0.2) is 0 Å². The molecule has 1 aromatic rings. The van der Waals surface area contributed by atoms with Crippen LogP contribution in [0, 0.1) is 0 Å². The Bertz CT molecular complexity index is 469. The third-order valence-electron chi connectivity index (χ3n) is 3.97. The van der Waals surface area contributed by atoms with E-state index in [-0.39, 0.29) is 5.91 Å². The number of likely N-dealkylation sites (tertiary alicyclic amines) is 1. The van der Waals surface area contributed by atoms with Crippen molar-refractivity contribution in [2.45, 2.75) is 25.7 Å². The molecular formula is C16H26N4O. The molecule has 1 saturated heterocycles. The average Bonchev–Trinajstić information content (AvgIpc) is 2.52. The lowest BCUT2D eigenvalue weighted by atomic mass is 10.1. The molecule has 0 saturated carbocycles. The molecule has 116 valence electrons. The molecule has 0 radical (unpaired) electrons. The summed E-state index contributed by atoms with van der Waals surface area (Å²) in [4.78, 5) is 14.5. The van der Waals surface area contributed by atoms with Crippen molar-refractivity contribution in [3.63, 3.8) is 0 Å². The summed E-state index contributed by atoms with van der Waals surface area (Å²) in [5.74, 6) is -0.0528. The Labute approximate surface area is 126 Å². The number of anilines is 2. The van der Waals surface area contributed by atoms with E-state index in [2.05, 4.69) is 15.5 Å². The van der Waals surface area contributed by atoms with Crippen molar-refractivity contribution in [2.24, 2.45) is 0 Å². The van der Waals surface area contributed by atoms with E-state index in [0.717, 1.165) is 18.7 Å². The van der Waals surface area contributed by atoms with Crippen molar-refractivity contribution >= 4 is 17.3 Å². The predicted octanol–water partition coefficient (Wildman–Crippen LogP) is 1.92. The van der Waals surface area contributed by atoms with Crippen molar-refractivity contribution in [3.05, 3.63) is 23.8 Å². The zero-order valence-corrected chi connectivity index (χ0v) is 12.8. The highest BCUT2D eigenvalue weighted by Gasteiger charge is 2.10. The first-order chi connectivity index (χ1) is 10.2. The van der Waals surface area contributed by atoms with E-state index in [4.69, 9.17) is 5.73 Å². The van der Waals surface area contributed by atoms with Crippen LogP contribution in [0.3, 0.4) is 0 Å². The number of benzene rings is 1. The van der Waals surface area contributed by atoms with Crippen molar-refractivity contribution in [3.8, 4) is 0 Å². The van der Waals surface area contributed by atoms with E-state index < -0.39 is 0 Å². The third kappa shape index (κ3) is 4.63. The van der Waals surface area contributed by atoms with Crippen LogP contribution in [0.5, 0.6) is 0 Å². The lowest BCUT2D eigenvalue weighted by Gasteiger charge is -2.26. The van der Waals surface area contributed by atoms with Gasteiger partial charge in [0.2, 0.25) is 0 Å². The Balaban J connectivity index is 1.72. The molecule has 2 rings (SSSR count). The fourth-order valence-electron chi connectivity index (χ4n) is 2.72. The van der Waals surface area contributed by atoms with E-state index in [0.29, 0.717) is 17.8 Å². The van der Waals surface area contributed by atoms with Crippen molar-refractivity contribution < 1.29 is 4.79 Å². The zero-order chi connectivity index (χ0) is 15.1. The van der Waals surface area contributed by atoms with Crippen LogP contribution in [0.4, 0.5) is 11.4 Å². The molecule has 0 aromatic heterocycles. The van der Waals surface area contributed by atoms with Crippen LogP contribution in [0.2, 0.25) is 0 Å². The molecule has 21 heavy (non-hydrogen) atoms. The van der Waals surface area contributed by atoms with Gasteiger partial charge in [-0.15, -0.1) is 0 Å². The number of nitrogens with two attached hydrogens (primary N) is 1. The summed E-state index contributed by atoms with van der Waals surface area (Å²) in [6.07, 6.45) is 4.97. The number of nitrogen functional groups attached to an aromatic ring is 1. The minimum atomic E-state index is -0.0528. The van der Waals surface area contributed by atoms with Crippen LogP contribution in [0.1, 0.15) is 36.0 Å². The highest BCUT2D eigenvalue weighted by atomic mass is 16.1. The maximum atomic E-state index is 12.0. The number of nitrogens with zero attached hydrogens (tertiary/aromatic N) is 1. The fourth-order valence-corrected chi connectivity index (χ4v) is 2.72. The molecular weight excluding hydrogens is 264 g/mol. The van der Waals surface area contributed by atoms with Gasteiger partial charge in [-0.1, -0.05) is 6.42 Å². The summed E-state index contributed by atoms with van der Waals surface area (Å²) in [5.41, 5.74) is 7.93. The summed E-state index contributed by atoms with van der Waals surface area (Å²) in [6, 6.07) is 5.34.